The van der Waals surface area contributed by atoms with Crippen molar-refractivity contribution in [1.29, 1.82) is 0 Å². The van der Waals surface area contributed by atoms with E-state index < -0.39 is 11.1 Å². The average Bonchev–Trinajstić information content (AvgIpc) is 2.30. The highest BCUT2D eigenvalue weighted by molar-refractivity contribution is 7.99. The lowest BCUT2D eigenvalue weighted by atomic mass is 10.1. The summed E-state index contributed by atoms with van der Waals surface area (Å²) in [4.78, 5) is 37.2. The topological polar surface area (TPSA) is 84.8 Å². The third kappa shape index (κ3) is 3.55. The zero-order valence-electron chi connectivity index (χ0n) is 10.0. The number of Topliss-reactive ketones (excluding diaryl/α,β-unsaturated/α-hetero) is 1. The molecule has 0 radical (unpaired) electrons. The second kappa shape index (κ2) is 5.81. The van der Waals surface area contributed by atoms with Gasteiger partial charge in [-0.25, -0.2) is 0 Å². The summed E-state index contributed by atoms with van der Waals surface area (Å²) in [5.41, 5.74) is -1.59. The van der Waals surface area contributed by atoms with E-state index in [0.29, 0.717) is 5.16 Å². The van der Waals surface area contributed by atoms with Gasteiger partial charge in [0, 0.05) is 13.0 Å². The maximum absolute atomic E-state index is 11.6. The Morgan fingerprint density at radius 1 is 1.53 bits per heavy atom. The maximum Gasteiger partial charge on any atom is 0.339 e. The van der Waals surface area contributed by atoms with Crippen LogP contribution in [0.1, 0.15) is 20.3 Å². The molecule has 0 aromatic carbocycles. The van der Waals surface area contributed by atoms with E-state index in [1.54, 1.807) is 7.05 Å². The van der Waals surface area contributed by atoms with Gasteiger partial charge in [-0.15, -0.1) is 0 Å². The highest BCUT2D eigenvalue weighted by Gasteiger charge is 2.13. The van der Waals surface area contributed by atoms with Crippen molar-refractivity contribution < 1.29 is 4.79 Å². The van der Waals surface area contributed by atoms with E-state index in [4.69, 9.17) is 0 Å². The Labute approximate surface area is 102 Å². The lowest BCUT2D eigenvalue weighted by molar-refractivity contribution is -0.119. The first-order valence-electron chi connectivity index (χ1n) is 5.28. The molecule has 1 rings (SSSR count). The Morgan fingerprint density at radius 3 is 2.76 bits per heavy atom. The number of carbonyl (C=O) groups is 1. The van der Waals surface area contributed by atoms with Crippen molar-refractivity contribution in [2.75, 3.05) is 5.75 Å². The first kappa shape index (κ1) is 13.7. The molecule has 94 valence electrons. The van der Waals surface area contributed by atoms with E-state index in [1.165, 1.54) is 4.68 Å². The molecule has 0 bridgehead atoms. The van der Waals surface area contributed by atoms with Crippen molar-refractivity contribution in [3.63, 3.8) is 0 Å². The van der Waals surface area contributed by atoms with Gasteiger partial charge in [-0.2, -0.15) is 4.98 Å². The molecule has 0 fully saturated rings. The van der Waals surface area contributed by atoms with E-state index in [-0.39, 0.29) is 17.5 Å². The summed E-state index contributed by atoms with van der Waals surface area (Å²) in [7, 11) is 1.57. The standard InChI is InChI=1S/C10H15N3O3S/c1-4-6(2)7(14)5-17-10-11-8(15)9(16)12-13(10)3/h6H,4-5H2,1-3H3,(H,12,16). The summed E-state index contributed by atoms with van der Waals surface area (Å²) < 4.78 is 1.35. The quantitative estimate of drug-likeness (QED) is 0.600. The molecular formula is C10H15N3O3S. The molecule has 0 saturated heterocycles. The molecule has 0 spiro atoms. The van der Waals surface area contributed by atoms with Crippen LogP contribution in [0.2, 0.25) is 0 Å². The second-order valence-electron chi connectivity index (χ2n) is 3.76. The van der Waals surface area contributed by atoms with Crippen LogP contribution in [0.4, 0.5) is 0 Å². The average molecular weight is 257 g/mol. The summed E-state index contributed by atoms with van der Waals surface area (Å²) in [6.45, 7) is 3.81. The molecule has 0 aliphatic carbocycles. The van der Waals surface area contributed by atoms with Gasteiger partial charge in [0.25, 0.3) is 0 Å². The highest BCUT2D eigenvalue weighted by atomic mass is 32.2. The summed E-state index contributed by atoms with van der Waals surface area (Å²) in [6.07, 6.45) is 0.789. The lowest BCUT2D eigenvalue weighted by Crippen LogP contribution is -2.34. The zero-order chi connectivity index (χ0) is 13.0. The molecule has 0 amide bonds. The van der Waals surface area contributed by atoms with Gasteiger partial charge in [0.15, 0.2) is 5.16 Å². The molecule has 17 heavy (non-hydrogen) atoms. The minimum Gasteiger partial charge on any atom is -0.298 e. The van der Waals surface area contributed by atoms with Crippen molar-refractivity contribution in [3.8, 4) is 0 Å². The molecule has 1 aromatic rings. The molecule has 1 unspecified atom stereocenters. The molecule has 1 aromatic heterocycles. The maximum atomic E-state index is 11.6. The number of nitrogens with zero attached hydrogens (tertiary/aromatic N) is 2. The number of nitrogens with one attached hydrogen (secondary N) is 1. The van der Waals surface area contributed by atoms with Gasteiger partial charge >= 0.3 is 11.1 Å². The summed E-state index contributed by atoms with van der Waals surface area (Å²) in [5.74, 6) is 0.363. The fraction of sp³-hybridized carbons (Fsp3) is 0.600. The first-order chi connectivity index (χ1) is 7.95. The minimum absolute atomic E-state index is 0.00212. The van der Waals surface area contributed by atoms with Crippen molar-refractivity contribution >= 4 is 17.5 Å². The van der Waals surface area contributed by atoms with Crippen molar-refractivity contribution in [3.05, 3.63) is 20.7 Å². The molecule has 1 N–H and O–H groups in total. The number of aryl methyl sites for hydroxylation is 1. The van der Waals surface area contributed by atoms with Gasteiger partial charge in [-0.1, -0.05) is 25.6 Å². The molecule has 0 aliphatic rings. The van der Waals surface area contributed by atoms with Crippen molar-refractivity contribution in [2.45, 2.75) is 25.4 Å². The van der Waals surface area contributed by atoms with Gasteiger partial charge in [-0.3, -0.25) is 24.2 Å². The molecule has 7 heteroatoms. The van der Waals surface area contributed by atoms with Crippen molar-refractivity contribution in [2.24, 2.45) is 13.0 Å². The number of H-pyrrole nitrogens is 1. The molecule has 0 aliphatic heterocycles. The Bertz CT molecular complexity index is 520. The lowest BCUT2D eigenvalue weighted by Gasteiger charge is -2.08. The Morgan fingerprint density at radius 2 is 2.18 bits per heavy atom. The van der Waals surface area contributed by atoms with E-state index in [0.717, 1.165) is 18.2 Å². The first-order valence-corrected chi connectivity index (χ1v) is 6.27. The van der Waals surface area contributed by atoms with Crippen LogP contribution in [0.15, 0.2) is 14.7 Å². The monoisotopic (exact) mass is 257 g/mol. The number of ketones is 1. The Balaban J connectivity index is 2.77. The van der Waals surface area contributed by atoms with Crippen LogP contribution in [0.25, 0.3) is 0 Å². The predicted molar refractivity (Wildman–Crippen MR) is 65.3 cm³/mol. The summed E-state index contributed by atoms with van der Waals surface area (Å²) >= 11 is 1.15. The van der Waals surface area contributed by atoms with Gasteiger partial charge in [0.2, 0.25) is 0 Å². The second-order valence-corrected chi connectivity index (χ2v) is 4.71. The fourth-order valence-corrected chi connectivity index (χ4v) is 2.04. The van der Waals surface area contributed by atoms with E-state index >= 15 is 0 Å². The van der Waals surface area contributed by atoms with Crippen molar-refractivity contribution in [1.82, 2.24) is 14.8 Å². The molecule has 1 heterocycles. The number of aromatic nitrogens is 3. The van der Waals surface area contributed by atoms with Gasteiger partial charge in [-0.05, 0) is 6.42 Å². The fourth-order valence-electron chi connectivity index (χ4n) is 1.10. The normalized spacial score (nSPS) is 12.4. The number of thioether (sulfide) groups is 1. The number of aromatic amines is 1. The summed E-state index contributed by atoms with van der Waals surface area (Å²) in [5, 5.41) is 2.67. The molecule has 1 atom stereocenters. The summed E-state index contributed by atoms with van der Waals surface area (Å²) in [6, 6.07) is 0. The predicted octanol–water partition coefficient (Wildman–Crippen LogP) is 0.176. The van der Waals surface area contributed by atoms with E-state index in [9.17, 15) is 14.4 Å². The molecule has 0 saturated carbocycles. The van der Waals surface area contributed by atoms with Crippen LogP contribution in [0, 0.1) is 5.92 Å². The Hall–Kier alpha value is -1.37. The van der Waals surface area contributed by atoms with E-state index in [2.05, 4.69) is 10.1 Å². The number of carbonyl (C=O) groups excluding carboxylic acids is 1. The Kier molecular flexibility index (Phi) is 4.68. The van der Waals surface area contributed by atoms with Crippen LogP contribution in [-0.4, -0.2) is 26.3 Å². The number of hydrogen-bond donors (Lipinski definition) is 1. The minimum atomic E-state index is -0.832. The highest BCUT2D eigenvalue weighted by Crippen LogP contribution is 2.14. The number of rotatable bonds is 5. The third-order valence-corrected chi connectivity index (χ3v) is 3.51. The number of hydrogen-bond acceptors (Lipinski definition) is 5. The van der Waals surface area contributed by atoms with Crippen LogP contribution >= 0.6 is 11.8 Å². The van der Waals surface area contributed by atoms with Crippen LogP contribution < -0.4 is 11.1 Å². The molecular weight excluding hydrogens is 242 g/mol. The third-order valence-electron chi connectivity index (χ3n) is 2.45. The smallest absolute Gasteiger partial charge is 0.298 e. The zero-order valence-corrected chi connectivity index (χ0v) is 10.8. The molecule has 6 nitrogen and oxygen atoms in total. The van der Waals surface area contributed by atoms with E-state index in [1.807, 2.05) is 13.8 Å². The van der Waals surface area contributed by atoms with Crippen LogP contribution in [0.5, 0.6) is 0 Å². The van der Waals surface area contributed by atoms with Crippen LogP contribution in [0.3, 0.4) is 0 Å². The van der Waals surface area contributed by atoms with Gasteiger partial charge < -0.3 is 0 Å². The van der Waals surface area contributed by atoms with Crippen LogP contribution in [-0.2, 0) is 11.8 Å². The van der Waals surface area contributed by atoms with Gasteiger partial charge in [0.05, 0.1) is 5.75 Å². The van der Waals surface area contributed by atoms with Gasteiger partial charge in [0.1, 0.15) is 5.78 Å². The largest absolute Gasteiger partial charge is 0.339 e. The SMILES string of the molecule is CCC(C)C(=O)CSc1nc(=O)c(=O)[nH]n1C.